The molecule has 0 spiro atoms. The van der Waals surface area contributed by atoms with Crippen molar-refractivity contribution >= 4 is 46.7 Å². The number of thioether (sulfide) groups is 1. The highest BCUT2D eigenvalue weighted by Crippen LogP contribution is 2.49. The van der Waals surface area contributed by atoms with Gasteiger partial charge in [-0.3, -0.25) is 14.5 Å². The Bertz CT molecular complexity index is 1940. The Morgan fingerprint density at radius 2 is 1.09 bits per heavy atom. The van der Waals surface area contributed by atoms with Crippen LogP contribution in [0, 0.1) is 0 Å². The molecule has 284 valence electrons. The maximum absolute atomic E-state index is 14.1. The molecule has 11 heteroatoms. The maximum Gasteiger partial charge on any atom is 0.408 e. The van der Waals surface area contributed by atoms with Crippen LogP contribution in [0.2, 0.25) is 0 Å². The Kier molecular flexibility index (Phi) is 13.5. The van der Waals surface area contributed by atoms with Crippen LogP contribution in [0.4, 0.5) is 21.9 Å². The smallest absolute Gasteiger partial charge is 0.408 e. The van der Waals surface area contributed by atoms with E-state index in [9.17, 15) is 19.5 Å². The number of carboxylic acid groups (broad SMARTS) is 1. The first-order valence-electron chi connectivity index (χ1n) is 18.1. The number of hydrogen-bond donors (Lipinski definition) is 3. The number of azo groups is 1. The number of benzene rings is 5. The lowest BCUT2D eigenvalue weighted by Gasteiger charge is -2.41. The van der Waals surface area contributed by atoms with Gasteiger partial charge in [-0.2, -0.15) is 10.2 Å². The predicted molar refractivity (Wildman–Crippen MR) is 222 cm³/mol. The van der Waals surface area contributed by atoms with Crippen molar-refractivity contribution in [3.63, 3.8) is 0 Å². The first kappa shape index (κ1) is 40.2. The monoisotopic (exact) mass is 756 g/mol. The van der Waals surface area contributed by atoms with Crippen molar-refractivity contribution in [3.05, 3.63) is 162 Å². The molecule has 3 N–H and O–H groups in total. The Labute approximate surface area is 327 Å². The second kappa shape index (κ2) is 18.4. The van der Waals surface area contributed by atoms with E-state index in [1.807, 2.05) is 97.9 Å². The normalized spacial score (nSPS) is 12.2. The van der Waals surface area contributed by atoms with Crippen molar-refractivity contribution in [2.24, 2.45) is 10.2 Å². The fourth-order valence-electron chi connectivity index (χ4n) is 6.32. The summed E-state index contributed by atoms with van der Waals surface area (Å²) in [6.45, 7) is 5.57. The van der Waals surface area contributed by atoms with Gasteiger partial charge in [0.2, 0.25) is 5.91 Å². The average Bonchev–Trinajstić information content (AvgIpc) is 3.19. The van der Waals surface area contributed by atoms with E-state index in [0.717, 1.165) is 22.4 Å². The van der Waals surface area contributed by atoms with Crippen molar-refractivity contribution < 1.29 is 19.5 Å². The molecule has 55 heavy (non-hydrogen) atoms. The predicted octanol–water partition coefficient (Wildman–Crippen LogP) is 8.89. The van der Waals surface area contributed by atoms with Crippen molar-refractivity contribution in [2.75, 3.05) is 37.8 Å². The topological polar surface area (TPSA) is 127 Å². The third kappa shape index (κ3) is 10.2. The van der Waals surface area contributed by atoms with Crippen LogP contribution in [-0.2, 0) is 9.54 Å². The summed E-state index contributed by atoms with van der Waals surface area (Å²) in [5, 5.41) is 24.8. The van der Waals surface area contributed by atoms with Gasteiger partial charge in [-0.25, -0.2) is 4.79 Å². The lowest BCUT2D eigenvalue weighted by Crippen LogP contribution is -2.58. The van der Waals surface area contributed by atoms with Gasteiger partial charge in [-0.05, 0) is 86.0 Å². The van der Waals surface area contributed by atoms with Gasteiger partial charge >= 0.3 is 6.09 Å². The highest BCUT2D eigenvalue weighted by Gasteiger charge is 2.42. The standard InChI is InChI=1S/C44H48N6O4S/c1-43(2,3)50(42(53)54)39(31-55-44(33-15-9-6-10-16-33,34-17-11-7-12-18-34)35-19-13-8-14-20-35)41(52)46-30-29-45-40(51)32-21-23-36(24-22-32)47-48-37-25-27-38(28-26-37)49(4)5/h6-28,39H,29-31H2,1-5H3,(H,45,51)(H,46,52)(H,53,54). The van der Waals surface area contributed by atoms with Crippen molar-refractivity contribution in [3.8, 4) is 0 Å². The molecule has 0 saturated carbocycles. The molecule has 0 aliphatic rings. The highest BCUT2D eigenvalue weighted by molar-refractivity contribution is 8.00. The minimum Gasteiger partial charge on any atom is -0.465 e. The molecule has 0 bridgehead atoms. The minimum absolute atomic E-state index is 0.101. The van der Waals surface area contributed by atoms with Crippen LogP contribution in [0.1, 0.15) is 47.8 Å². The Morgan fingerprint density at radius 1 is 0.655 bits per heavy atom. The summed E-state index contributed by atoms with van der Waals surface area (Å²) in [4.78, 5) is 43.1. The molecule has 5 aromatic rings. The SMILES string of the molecule is CN(C)c1ccc(N=Nc2ccc(C(=O)NCCNC(=O)C(CSC(c3ccccc3)(c3ccccc3)c3ccccc3)N(C(=O)O)C(C)(C)C)cc2)cc1. The zero-order chi connectivity index (χ0) is 39.4. The van der Waals surface area contributed by atoms with Gasteiger partial charge in [-0.1, -0.05) is 91.0 Å². The second-order valence-electron chi connectivity index (χ2n) is 14.1. The van der Waals surface area contributed by atoms with Gasteiger partial charge in [0.05, 0.1) is 16.1 Å². The second-order valence-corrected chi connectivity index (χ2v) is 15.4. The van der Waals surface area contributed by atoms with E-state index in [4.69, 9.17) is 0 Å². The van der Waals surface area contributed by atoms with E-state index in [1.54, 1.807) is 45.0 Å². The summed E-state index contributed by atoms with van der Waals surface area (Å²) >= 11 is 1.52. The summed E-state index contributed by atoms with van der Waals surface area (Å²) in [6.07, 6.45) is -1.20. The molecule has 0 aliphatic heterocycles. The number of rotatable bonds is 15. The number of amides is 3. The van der Waals surface area contributed by atoms with E-state index in [0.29, 0.717) is 16.9 Å². The lowest BCUT2D eigenvalue weighted by atomic mass is 9.84. The molecule has 0 saturated heterocycles. The van der Waals surface area contributed by atoms with Gasteiger partial charge in [0.15, 0.2) is 0 Å². The molecule has 1 atom stereocenters. The van der Waals surface area contributed by atoms with Crippen LogP contribution in [0.25, 0.3) is 0 Å². The fraction of sp³-hybridized carbons (Fsp3) is 0.250. The number of anilines is 1. The number of carbonyl (C=O) groups is 3. The molecule has 0 radical (unpaired) electrons. The van der Waals surface area contributed by atoms with E-state index in [-0.39, 0.29) is 24.7 Å². The number of nitrogens with zero attached hydrogens (tertiary/aromatic N) is 4. The number of carbonyl (C=O) groups excluding carboxylic acids is 2. The Balaban J connectivity index is 1.29. The molecule has 0 aliphatic carbocycles. The Morgan fingerprint density at radius 3 is 1.51 bits per heavy atom. The number of nitrogens with one attached hydrogen (secondary N) is 2. The van der Waals surface area contributed by atoms with E-state index >= 15 is 0 Å². The van der Waals surface area contributed by atoms with E-state index < -0.39 is 28.3 Å². The number of hydrogen-bond acceptors (Lipinski definition) is 7. The lowest BCUT2D eigenvalue weighted by molar-refractivity contribution is -0.126. The molecule has 0 aromatic heterocycles. The summed E-state index contributed by atoms with van der Waals surface area (Å²) in [5.41, 5.74) is 4.93. The highest BCUT2D eigenvalue weighted by atomic mass is 32.2. The summed E-state index contributed by atoms with van der Waals surface area (Å²) in [7, 11) is 3.94. The maximum atomic E-state index is 14.1. The van der Waals surface area contributed by atoms with Crippen LogP contribution < -0.4 is 15.5 Å². The van der Waals surface area contributed by atoms with Gasteiger partial charge in [0.25, 0.3) is 5.91 Å². The molecular weight excluding hydrogens is 709 g/mol. The van der Waals surface area contributed by atoms with Crippen LogP contribution in [0.15, 0.2) is 150 Å². The zero-order valence-electron chi connectivity index (χ0n) is 31.8. The van der Waals surface area contributed by atoms with Gasteiger partial charge in [0, 0.05) is 49.7 Å². The van der Waals surface area contributed by atoms with E-state index in [1.165, 1.54) is 16.7 Å². The molecule has 5 aromatic carbocycles. The first-order chi connectivity index (χ1) is 26.4. The van der Waals surface area contributed by atoms with Gasteiger partial charge < -0.3 is 20.6 Å². The average molecular weight is 757 g/mol. The molecule has 1 unspecified atom stereocenters. The third-order valence-electron chi connectivity index (χ3n) is 9.03. The third-order valence-corrected chi connectivity index (χ3v) is 10.7. The van der Waals surface area contributed by atoms with Crippen molar-refractivity contribution in [2.45, 2.75) is 37.1 Å². The molecule has 3 amide bonds. The molecule has 0 fully saturated rings. The molecular formula is C44H48N6O4S. The quantitative estimate of drug-likeness (QED) is 0.0557. The van der Waals surface area contributed by atoms with Crippen LogP contribution in [-0.4, -0.2) is 72.4 Å². The fourth-order valence-corrected chi connectivity index (χ4v) is 7.94. The zero-order valence-corrected chi connectivity index (χ0v) is 32.7. The minimum atomic E-state index is -1.20. The van der Waals surface area contributed by atoms with Crippen molar-refractivity contribution in [1.29, 1.82) is 0 Å². The molecule has 5 rings (SSSR count). The van der Waals surface area contributed by atoms with E-state index in [2.05, 4.69) is 57.3 Å². The van der Waals surface area contributed by atoms with Crippen LogP contribution >= 0.6 is 11.8 Å². The summed E-state index contributed by atoms with van der Waals surface area (Å²) < 4.78 is -0.757. The first-order valence-corrected chi connectivity index (χ1v) is 19.1. The van der Waals surface area contributed by atoms with Gasteiger partial charge in [0.1, 0.15) is 6.04 Å². The summed E-state index contributed by atoms with van der Waals surface area (Å²) in [6, 6.07) is 43.6. The molecule has 10 nitrogen and oxygen atoms in total. The van der Waals surface area contributed by atoms with Crippen LogP contribution in [0.3, 0.4) is 0 Å². The van der Waals surface area contributed by atoms with Crippen LogP contribution in [0.5, 0.6) is 0 Å². The van der Waals surface area contributed by atoms with Gasteiger partial charge in [-0.15, -0.1) is 11.8 Å². The summed E-state index contributed by atoms with van der Waals surface area (Å²) in [5.74, 6) is -0.622. The van der Waals surface area contributed by atoms with Crippen molar-refractivity contribution in [1.82, 2.24) is 15.5 Å². The molecule has 0 heterocycles. The largest absolute Gasteiger partial charge is 0.465 e. The Hall–Kier alpha value is -5.94.